The molecular weight excluding hydrogens is 232 g/mol. The lowest BCUT2D eigenvalue weighted by Crippen LogP contribution is -2.19. The number of carbonyl (C=O) groups is 1. The van der Waals surface area contributed by atoms with Crippen LogP contribution in [0.25, 0.3) is 0 Å². The molecule has 0 bridgehead atoms. The maximum absolute atomic E-state index is 11.7. The predicted octanol–water partition coefficient (Wildman–Crippen LogP) is 3.12. The van der Waals surface area contributed by atoms with E-state index in [-0.39, 0.29) is 6.10 Å². The third-order valence-electron chi connectivity index (χ3n) is 3.14. The second-order valence-electron chi connectivity index (χ2n) is 4.46. The van der Waals surface area contributed by atoms with Gasteiger partial charge in [0.05, 0.1) is 12.7 Å². The summed E-state index contributed by atoms with van der Waals surface area (Å²) >= 11 is 0. The van der Waals surface area contributed by atoms with E-state index < -0.39 is 5.97 Å². The molecule has 18 heavy (non-hydrogen) atoms. The third-order valence-corrected chi connectivity index (χ3v) is 3.14. The van der Waals surface area contributed by atoms with Crippen LogP contribution in [0.4, 0.5) is 0 Å². The van der Waals surface area contributed by atoms with E-state index in [2.05, 4.69) is 0 Å². The Morgan fingerprint density at radius 1 is 1.11 bits per heavy atom. The van der Waals surface area contributed by atoms with Gasteiger partial charge in [-0.15, -0.1) is 0 Å². The summed E-state index contributed by atoms with van der Waals surface area (Å²) in [6, 6.07) is 6.76. The average molecular weight is 250 g/mol. The molecular formula is C14H18O4. The predicted molar refractivity (Wildman–Crippen MR) is 66.4 cm³/mol. The van der Waals surface area contributed by atoms with E-state index in [1.807, 2.05) is 0 Å². The lowest BCUT2D eigenvalue weighted by atomic mass is 9.98. The van der Waals surface area contributed by atoms with Crippen molar-refractivity contribution in [1.29, 1.82) is 0 Å². The molecule has 0 aromatic heterocycles. The zero-order valence-electron chi connectivity index (χ0n) is 10.6. The van der Waals surface area contributed by atoms with Crippen LogP contribution in [0.5, 0.6) is 5.75 Å². The van der Waals surface area contributed by atoms with Crippen molar-refractivity contribution in [2.24, 2.45) is 0 Å². The standard InChI is InChI=1S/C14H18O4/c1-16-12-9-7-11(8-10-12)14(15)18-17-13-5-3-2-4-6-13/h7-10,13H,2-6H2,1H3. The van der Waals surface area contributed by atoms with Gasteiger partial charge in [0.2, 0.25) is 0 Å². The molecule has 0 heterocycles. The molecule has 2 rings (SSSR count). The highest BCUT2D eigenvalue weighted by Gasteiger charge is 2.17. The zero-order chi connectivity index (χ0) is 12.8. The molecule has 1 fully saturated rings. The average Bonchev–Trinajstić information content (AvgIpc) is 2.46. The molecule has 1 aromatic rings. The fourth-order valence-corrected chi connectivity index (χ4v) is 2.05. The van der Waals surface area contributed by atoms with Crippen molar-refractivity contribution in [1.82, 2.24) is 0 Å². The van der Waals surface area contributed by atoms with Gasteiger partial charge < -0.3 is 4.74 Å². The molecule has 0 aliphatic heterocycles. The van der Waals surface area contributed by atoms with Gasteiger partial charge in [0.1, 0.15) is 11.9 Å². The van der Waals surface area contributed by atoms with Gasteiger partial charge in [0.15, 0.2) is 0 Å². The monoisotopic (exact) mass is 250 g/mol. The molecule has 4 nitrogen and oxygen atoms in total. The van der Waals surface area contributed by atoms with Crippen molar-refractivity contribution in [3.8, 4) is 5.75 Å². The Labute approximate surface area is 107 Å². The molecule has 1 aliphatic rings. The molecule has 0 spiro atoms. The Bertz CT molecular complexity index is 379. The second kappa shape index (κ2) is 6.40. The SMILES string of the molecule is COc1ccc(C(=O)OOC2CCCCC2)cc1. The van der Waals surface area contributed by atoms with Gasteiger partial charge in [-0.3, -0.25) is 4.89 Å². The molecule has 1 aromatic carbocycles. The Hall–Kier alpha value is -1.55. The molecule has 0 N–H and O–H groups in total. The Kier molecular flexibility index (Phi) is 4.59. The van der Waals surface area contributed by atoms with Crippen molar-refractivity contribution in [3.63, 3.8) is 0 Å². The van der Waals surface area contributed by atoms with Gasteiger partial charge in [0.25, 0.3) is 0 Å². The Morgan fingerprint density at radius 2 is 1.78 bits per heavy atom. The fourth-order valence-electron chi connectivity index (χ4n) is 2.05. The second-order valence-corrected chi connectivity index (χ2v) is 4.46. The van der Waals surface area contributed by atoms with Crippen molar-refractivity contribution in [3.05, 3.63) is 29.8 Å². The van der Waals surface area contributed by atoms with Crippen LogP contribution in [0.3, 0.4) is 0 Å². The molecule has 0 atom stereocenters. The van der Waals surface area contributed by atoms with E-state index in [1.165, 1.54) is 6.42 Å². The van der Waals surface area contributed by atoms with E-state index in [0.29, 0.717) is 11.3 Å². The highest BCUT2D eigenvalue weighted by atomic mass is 17.2. The quantitative estimate of drug-likeness (QED) is 0.608. The lowest BCUT2D eigenvalue weighted by Gasteiger charge is -2.19. The molecule has 0 radical (unpaired) electrons. The van der Waals surface area contributed by atoms with E-state index in [9.17, 15) is 4.79 Å². The third kappa shape index (κ3) is 3.47. The minimum atomic E-state index is -0.455. The van der Waals surface area contributed by atoms with Crippen molar-refractivity contribution < 1.29 is 19.3 Å². The summed E-state index contributed by atoms with van der Waals surface area (Å²) in [4.78, 5) is 21.7. The van der Waals surface area contributed by atoms with Crippen molar-refractivity contribution >= 4 is 5.97 Å². The summed E-state index contributed by atoms with van der Waals surface area (Å²) < 4.78 is 5.02. The van der Waals surface area contributed by atoms with Gasteiger partial charge in [-0.25, -0.2) is 4.79 Å². The molecule has 1 saturated carbocycles. The van der Waals surface area contributed by atoms with Crippen LogP contribution in [-0.4, -0.2) is 19.2 Å². The first kappa shape index (κ1) is 12.9. The Morgan fingerprint density at radius 3 is 2.39 bits per heavy atom. The summed E-state index contributed by atoms with van der Waals surface area (Å²) in [6.45, 7) is 0. The smallest absolute Gasteiger partial charge is 0.373 e. The van der Waals surface area contributed by atoms with Crippen LogP contribution >= 0.6 is 0 Å². The lowest BCUT2D eigenvalue weighted by molar-refractivity contribution is -0.279. The van der Waals surface area contributed by atoms with Crippen LogP contribution in [0.15, 0.2) is 24.3 Å². The van der Waals surface area contributed by atoms with E-state index in [0.717, 1.165) is 25.7 Å². The maximum Gasteiger partial charge on any atom is 0.373 e. The molecule has 98 valence electrons. The summed E-state index contributed by atoms with van der Waals surface area (Å²) in [7, 11) is 1.58. The first-order chi connectivity index (χ1) is 8.79. The number of methoxy groups -OCH3 is 1. The zero-order valence-corrected chi connectivity index (χ0v) is 10.6. The minimum absolute atomic E-state index is 0.0564. The van der Waals surface area contributed by atoms with Gasteiger partial charge in [-0.1, -0.05) is 19.3 Å². The molecule has 4 heteroatoms. The number of benzene rings is 1. The minimum Gasteiger partial charge on any atom is -0.497 e. The van der Waals surface area contributed by atoms with Gasteiger partial charge in [-0.05, 0) is 37.1 Å². The van der Waals surface area contributed by atoms with Crippen LogP contribution < -0.4 is 4.74 Å². The first-order valence-corrected chi connectivity index (χ1v) is 6.31. The summed E-state index contributed by atoms with van der Waals surface area (Å²) in [5.41, 5.74) is 0.464. The summed E-state index contributed by atoms with van der Waals surface area (Å²) in [6.07, 6.45) is 5.52. The first-order valence-electron chi connectivity index (χ1n) is 6.31. The van der Waals surface area contributed by atoms with Crippen molar-refractivity contribution in [2.75, 3.05) is 7.11 Å². The fraction of sp³-hybridized carbons (Fsp3) is 0.500. The highest BCUT2D eigenvalue weighted by Crippen LogP contribution is 2.21. The maximum atomic E-state index is 11.7. The van der Waals surface area contributed by atoms with Gasteiger partial charge >= 0.3 is 5.97 Å². The number of hydrogen-bond acceptors (Lipinski definition) is 4. The van der Waals surface area contributed by atoms with Crippen LogP contribution in [0.1, 0.15) is 42.5 Å². The molecule has 0 saturated heterocycles. The largest absolute Gasteiger partial charge is 0.497 e. The summed E-state index contributed by atoms with van der Waals surface area (Å²) in [5, 5.41) is 0. The van der Waals surface area contributed by atoms with E-state index in [1.54, 1.807) is 31.4 Å². The molecule has 0 unspecified atom stereocenters. The Balaban J connectivity index is 1.82. The van der Waals surface area contributed by atoms with Crippen LogP contribution in [0.2, 0.25) is 0 Å². The highest BCUT2D eigenvalue weighted by molar-refractivity contribution is 5.89. The topological polar surface area (TPSA) is 44.8 Å². The van der Waals surface area contributed by atoms with Gasteiger partial charge in [-0.2, -0.15) is 4.89 Å². The van der Waals surface area contributed by atoms with Crippen LogP contribution in [0, 0.1) is 0 Å². The van der Waals surface area contributed by atoms with Gasteiger partial charge in [0, 0.05) is 0 Å². The van der Waals surface area contributed by atoms with E-state index in [4.69, 9.17) is 14.5 Å². The molecule has 0 amide bonds. The van der Waals surface area contributed by atoms with Crippen LogP contribution in [-0.2, 0) is 9.78 Å². The number of rotatable bonds is 4. The van der Waals surface area contributed by atoms with Crippen molar-refractivity contribution in [2.45, 2.75) is 38.2 Å². The normalized spacial score (nSPS) is 16.3. The number of hydrogen-bond donors (Lipinski definition) is 0. The summed E-state index contributed by atoms with van der Waals surface area (Å²) in [5.74, 6) is 0.253. The molecule has 1 aliphatic carbocycles. The number of carbonyl (C=O) groups excluding carboxylic acids is 1. The van der Waals surface area contributed by atoms with E-state index >= 15 is 0 Å². The number of ether oxygens (including phenoxy) is 1.